The first-order valence-electron chi connectivity index (χ1n) is 8.51. The molecule has 1 aliphatic rings. The zero-order valence-corrected chi connectivity index (χ0v) is 15.6. The average Bonchev–Trinajstić information content (AvgIpc) is 2.72. The van der Waals surface area contributed by atoms with Crippen molar-refractivity contribution in [1.82, 2.24) is 9.21 Å². The largest absolute Gasteiger partial charge is 0.374 e. The van der Waals surface area contributed by atoms with Gasteiger partial charge in [-0.25, -0.2) is 21.6 Å². The van der Waals surface area contributed by atoms with Crippen LogP contribution in [0.3, 0.4) is 0 Å². The summed E-state index contributed by atoms with van der Waals surface area (Å²) >= 11 is 0. The molecule has 0 atom stereocenters. The molecule has 2 aromatic carbocycles. The Morgan fingerprint density at radius 1 is 0.929 bits per heavy atom. The van der Waals surface area contributed by atoms with Crippen molar-refractivity contribution in [2.45, 2.75) is 4.90 Å². The van der Waals surface area contributed by atoms with Crippen molar-refractivity contribution in [3.8, 4) is 0 Å². The second kappa shape index (κ2) is 8.19. The molecule has 0 bridgehead atoms. The fraction of sp³-hybridized carbons (Fsp3) is 0.278. The maximum Gasteiger partial charge on any atom is 0.243 e. The van der Waals surface area contributed by atoms with Crippen molar-refractivity contribution in [3.05, 3.63) is 59.9 Å². The van der Waals surface area contributed by atoms with Gasteiger partial charge in [0.1, 0.15) is 0 Å². The Kier molecular flexibility index (Phi) is 5.90. The Labute approximate surface area is 160 Å². The molecule has 0 aromatic heterocycles. The topological polar surface area (TPSA) is 69.7 Å². The number of carbonyl (C=O) groups is 1. The van der Waals surface area contributed by atoms with E-state index in [1.54, 1.807) is 18.2 Å². The molecule has 1 amide bonds. The predicted molar refractivity (Wildman–Crippen MR) is 96.6 cm³/mol. The molecule has 28 heavy (non-hydrogen) atoms. The molecule has 1 fully saturated rings. The van der Waals surface area contributed by atoms with E-state index < -0.39 is 33.4 Å². The Bertz CT molecular complexity index is 963. The number of hydrogen-bond acceptors (Lipinski definition) is 4. The number of rotatable bonds is 5. The summed E-state index contributed by atoms with van der Waals surface area (Å²) in [5.74, 6) is -4.73. The number of piperazine rings is 1. The van der Waals surface area contributed by atoms with Gasteiger partial charge in [-0.3, -0.25) is 4.79 Å². The van der Waals surface area contributed by atoms with E-state index in [0.717, 1.165) is 12.1 Å². The number of halogens is 3. The first-order valence-corrected chi connectivity index (χ1v) is 9.95. The van der Waals surface area contributed by atoms with Crippen LogP contribution in [0.2, 0.25) is 0 Å². The third-order valence-electron chi connectivity index (χ3n) is 4.44. The van der Waals surface area contributed by atoms with Gasteiger partial charge in [-0.15, -0.1) is 0 Å². The van der Waals surface area contributed by atoms with E-state index in [1.807, 2.05) is 0 Å². The predicted octanol–water partition coefficient (Wildman–Crippen LogP) is 2.05. The van der Waals surface area contributed by atoms with Gasteiger partial charge in [-0.05, 0) is 24.3 Å². The first-order chi connectivity index (χ1) is 13.3. The maximum absolute atomic E-state index is 13.6. The van der Waals surface area contributed by atoms with Gasteiger partial charge in [0.2, 0.25) is 15.9 Å². The summed E-state index contributed by atoms with van der Waals surface area (Å²) in [6.45, 7) is 0.276. The van der Waals surface area contributed by atoms with Gasteiger partial charge in [-0.2, -0.15) is 4.31 Å². The smallest absolute Gasteiger partial charge is 0.243 e. The summed E-state index contributed by atoms with van der Waals surface area (Å²) in [4.78, 5) is 13.9. The minimum Gasteiger partial charge on any atom is -0.374 e. The molecule has 2 aromatic rings. The number of amides is 1. The van der Waals surface area contributed by atoms with Gasteiger partial charge in [0.15, 0.2) is 17.5 Å². The summed E-state index contributed by atoms with van der Waals surface area (Å²) < 4.78 is 66.2. The van der Waals surface area contributed by atoms with Crippen molar-refractivity contribution >= 4 is 21.6 Å². The number of nitrogens with one attached hydrogen (secondary N) is 1. The maximum atomic E-state index is 13.6. The molecule has 3 rings (SSSR count). The van der Waals surface area contributed by atoms with Crippen LogP contribution in [0.15, 0.2) is 47.4 Å². The first kappa shape index (κ1) is 20.2. The second-order valence-corrected chi connectivity index (χ2v) is 8.11. The highest BCUT2D eigenvalue weighted by Crippen LogP contribution is 2.20. The van der Waals surface area contributed by atoms with E-state index >= 15 is 0 Å². The monoisotopic (exact) mass is 413 g/mol. The molecule has 1 heterocycles. The van der Waals surface area contributed by atoms with E-state index in [-0.39, 0.29) is 43.3 Å². The molecule has 6 nitrogen and oxygen atoms in total. The third-order valence-corrected chi connectivity index (χ3v) is 6.35. The number of benzene rings is 2. The lowest BCUT2D eigenvalue weighted by Crippen LogP contribution is -2.51. The molecule has 0 unspecified atom stereocenters. The van der Waals surface area contributed by atoms with Crippen molar-refractivity contribution in [3.63, 3.8) is 0 Å². The lowest BCUT2D eigenvalue weighted by molar-refractivity contribution is -0.130. The normalized spacial score (nSPS) is 15.5. The highest BCUT2D eigenvalue weighted by molar-refractivity contribution is 7.89. The van der Waals surface area contributed by atoms with Gasteiger partial charge >= 0.3 is 0 Å². The minimum atomic E-state index is -3.63. The highest BCUT2D eigenvalue weighted by Gasteiger charge is 2.30. The van der Waals surface area contributed by atoms with Crippen molar-refractivity contribution < 1.29 is 26.4 Å². The zero-order valence-electron chi connectivity index (χ0n) is 14.7. The summed E-state index contributed by atoms with van der Waals surface area (Å²) in [5.41, 5.74) is -0.322. The van der Waals surface area contributed by atoms with Crippen LogP contribution in [0.1, 0.15) is 0 Å². The molecular weight excluding hydrogens is 395 g/mol. The van der Waals surface area contributed by atoms with Crippen LogP contribution in [0, 0.1) is 17.5 Å². The summed E-state index contributed by atoms with van der Waals surface area (Å²) in [7, 11) is -3.63. The molecule has 0 aliphatic carbocycles. The summed E-state index contributed by atoms with van der Waals surface area (Å²) in [5, 5.41) is 2.44. The fourth-order valence-corrected chi connectivity index (χ4v) is 4.31. The van der Waals surface area contributed by atoms with Gasteiger partial charge in [0.25, 0.3) is 0 Å². The van der Waals surface area contributed by atoms with Gasteiger partial charge < -0.3 is 10.2 Å². The van der Waals surface area contributed by atoms with Crippen LogP contribution in [0.4, 0.5) is 18.9 Å². The molecule has 1 N–H and O–H groups in total. The Morgan fingerprint density at radius 2 is 1.57 bits per heavy atom. The molecule has 1 aliphatic heterocycles. The zero-order chi connectivity index (χ0) is 20.3. The Morgan fingerprint density at radius 3 is 2.21 bits per heavy atom. The van der Waals surface area contributed by atoms with Crippen LogP contribution in [0.25, 0.3) is 0 Å². The number of carbonyl (C=O) groups excluding carboxylic acids is 1. The van der Waals surface area contributed by atoms with Crippen LogP contribution >= 0.6 is 0 Å². The number of anilines is 1. The lowest BCUT2D eigenvalue weighted by Gasteiger charge is -2.34. The summed E-state index contributed by atoms with van der Waals surface area (Å²) in [6.07, 6.45) is 0. The minimum absolute atomic E-state index is 0.127. The Balaban J connectivity index is 1.56. The SMILES string of the molecule is O=C(CNc1ccc(F)c(F)c1F)N1CCN(S(=O)(=O)c2ccccc2)CC1. The third kappa shape index (κ3) is 4.12. The van der Waals surface area contributed by atoms with Crippen molar-refractivity contribution in [1.29, 1.82) is 0 Å². The Hall–Kier alpha value is -2.59. The molecule has 1 saturated heterocycles. The van der Waals surface area contributed by atoms with E-state index in [2.05, 4.69) is 5.32 Å². The number of hydrogen-bond donors (Lipinski definition) is 1. The standard InChI is InChI=1S/C18H18F3N3O3S/c19-14-6-7-15(18(21)17(14)20)22-12-16(25)23-8-10-24(11-9-23)28(26,27)13-4-2-1-3-5-13/h1-7,22H,8-12H2. The number of sulfonamides is 1. The van der Waals surface area contributed by atoms with Crippen LogP contribution in [-0.2, 0) is 14.8 Å². The molecule has 10 heteroatoms. The fourth-order valence-electron chi connectivity index (χ4n) is 2.86. The molecule has 0 radical (unpaired) electrons. The quantitative estimate of drug-likeness (QED) is 0.762. The van der Waals surface area contributed by atoms with Crippen molar-refractivity contribution in [2.24, 2.45) is 0 Å². The van der Waals surface area contributed by atoms with E-state index in [4.69, 9.17) is 0 Å². The van der Waals surface area contributed by atoms with E-state index in [0.29, 0.717) is 0 Å². The molecule has 150 valence electrons. The van der Waals surface area contributed by atoms with Crippen LogP contribution in [-0.4, -0.2) is 56.3 Å². The second-order valence-electron chi connectivity index (χ2n) is 6.17. The van der Waals surface area contributed by atoms with E-state index in [1.165, 1.54) is 21.3 Å². The lowest BCUT2D eigenvalue weighted by atomic mass is 10.2. The van der Waals surface area contributed by atoms with Gasteiger partial charge in [0.05, 0.1) is 17.1 Å². The van der Waals surface area contributed by atoms with E-state index in [9.17, 15) is 26.4 Å². The molecule has 0 spiro atoms. The van der Waals surface area contributed by atoms with Gasteiger partial charge in [-0.1, -0.05) is 18.2 Å². The molecule has 0 saturated carbocycles. The van der Waals surface area contributed by atoms with Gasteiger partial charge in [0, 0.05) is 26.2 Å². The average molecular weight is 413 g/mol. The van der Waals surface area contributed by atoms with Crippen LogP contribution < -0.4 is 5.32 Å². The summed E-state index contributed by atoms with van der Waals surface area (Å²) in [6, 6.07) is 9.77. The highest BCUT2D eigenvalue weighted by atomic mass is 32.2. The van der Waals surface area contributed by atoms with Crippen molar-refractivity contribution in [2.75, 3.05) is 38.0 Å². The van der Waals surface area contributed by atoms with Crippen LogP contribution in [0.5, 0.6) is 0 Å². The molecular formula is C18H18F3N3O3S. The number of nitrogens with zero attached hydrogens (tertiary/aromatic N) is 2.